The number of nitrogens with one attached hydrogen (secondary N) is 1. The summed E-state index contributed by atoms with van der Waals surface area (Å²) in [6.45, 7) is 7.31. The van der Waals surface area contributed by atoms with Crippen molar-refractivity contribution in [2.75, 3.05) is 6.54 Å². The maximum Gasteiger partial charge on any atom is 0.274 e. The lowest BCUT2D eigenvalue weighted by Crippen LogP contribution is -2.63. The van der Waals surface area contributed by atoms with Gasteiger partial charge in [0.25, 0.3) is 5.91 Å². The van der Waals surface area contributed by atoms with E-state index in [4.69, 9.17) is 0 Å². The fourth-order valence-corrected chi connectivity index (χ4v) is 4.92. The molecular weight excluding hydrogens is 438 g/mol. The van der Waals surface area contributed by atoms with E-state index < -0.39 is 5.54 Å². The minimum absolute atomic E-state index is 0.145. The van der Waals surface area contributed by atoms with Gasteiger partial charge >= 0.3 is 0 Å². The van der Waals surface area contributed by atoms with Gasteiger partial charge in [0, 0.05) is 30.5 Å². The molecule has 1 aliphatic rings. The molecule has 0 saturated carbocycles. The van der Waals surface area contributed by atoms with Crippen molar-refractivity contribution in [3.05, 3.63) is 84.6 Å². The summed E-state index contributed by atoms with van der Waals surface area (Å²) < 4.78 is 4.00. The molecule has 1 N–H and O–H groups in total. The van der Waals surface area contributed by atoms with E-state index in [1.54, 1.807) is 11.1 Å². The van der Waals surface area contributed by atoms with Crippen LogP contribution in [0.15, 0.2) is 73.2 Å². The summed E-state index contributed by atoms with van der Waals surface area (Å²) in [5.41, 5.74) is 2.04. The lowest BCUT2D eigenvalue weighted by molar-refractivity contribution is -0.133. The highest BCUT2D eigenvalue weighted by atomic mass is 16.2. The van der Waals surface area contributed by atoms with Crippen LogP contribution < -0.4 is 5.32 Å². The number of para-hydroxylation sites is 1. The number of carbonyl (C=O) groups is 2. The first-order valence-electron chi connectivity index (χ1n) is 12.1. The number of hydrogen-bond donors (Lipinski definition) is 1. The van der Waals surface area contributed by atoms with E-state index >= 15 is 0 Å². The van der Waals surface area contributed by atoms with Gasteiger partial charge < -0.3 is 19.4 Å². The Bertz CT molecular complexity index is 1360. The van der Waals surface area contributed by atoms with Crippen LogP contribution in [0.5, 0.6) is 0 Å². The quantitative estimate of drug-likeness (QED) is 0.436. The predicted octanol–water partition coefficient (Wildman–Crippen LogP) is 4.40. The van der Waals surface area contributed by atoms with E-state index in [2.05, 4.69) is 24.1 Å². The Morgan fingerprint density at radius 2 is 1.83 bits per heavy atom. The zero-order chi connectivity index (χ0) is 24.6. The molecule has 35 heavy (non-hydrogen) atoms. The van der Waals surface area contributed by atoms with Crippen molar-refractivity contribution in [2.45, 2.75) is 45.8 Å². The lowest BCUT2D eigenvalue weighted by Gasteiger charge is -2.44. The first kappa shape index (κ1) is 22.9. The second kappa shape index (κ2) is 9.06. The highest BCUT2D eigenvalue weighted by Crippen LogP contribution is 2.38. The van der Waals surface area contributed by atoms with Crippen molar-refractivity contribution in [3.63, 3.8) is 0 Å². The fraction of sp³-hybridized carbons (Fsp3) is 0.321. The van der Waals surface area contributed by atoms with E-state index in [0.29, 0.717) is 24.7 Å². The Morgan fingerprint density at radius 1 is 1.09 bits per heavy atom. The molecule has 0 saturated heterocycles. The molecule has 0 fully saturated rings. The molecule has 0 bridgehead atoms. The SMILES string of the molecule is CC(C)CCNC(=O)[C@]1(C)Cn2c(c(-n3cccc3)c3ccccc32)C(=O)N1Cc1ccccn1. The number of pyridine rings is 1. The van der Waals surface area contributed by atoms with Gasteiger partial charge in [0.05, 0.1) is 30.0 Å². The van der Waals surface area contributed by atoms with Gasteiger partial charge in [0.2, 0.25) is 5.91 Å². The molecule has 2 amide bonds. The summed E-state index contributed by atoms with van der Waals surface area (Å²) in [6, 6.07) is 17.5. The Balaban J connectivity index is 1.65. The smallest absolute Gasteiger partial charge is 0.274 e. The van der Waals surface area contributed by atoms with Gasteiger partial charge in [0.15, 0.2) is 0 Å². The van der Waals surface area contributed by atoms with Crippen LogP contribution in [0.2, 0.25) is 0 Å². The molecule has 4 aromatic rings. The third kappa shape index (κ3) is 4.01. The van der Waals surface area contributed by atoms with E-state index in [1.807, 2.05) is 83.0 Å². The Labute approximate surface area is 205 Å². The highest BCUT2D eigenvalue weighted by molar-refractivity contribution is 6.08. The summed E-state index contributed by atoms with van der Waals surface area (Å²) in [4.78, 5) is 34.1. The zero-order valence-corrected chi connectivity index (χ0v) is 20.4. The molecule has 1 aromatic carbocycles. The molecule has 0 radical (unpaired) electrons. The van der Waals surface area contributed by atoms with Gasteiger partial charge in [-0.2, -0.15) is 0 Å². The molecule has 0 unspecified atom stereocenters. The molecule has 0 spiro atoms. The van der Waals surface area contributed by atoms with Crippen molar-refractivity contribution in [1.82, 2.24) is 24.3 Å². The molecule has 5 rings (SSSR count). The van der Waals surface area contributed by atoms with Crippen LogP contribution >= 0.6 is 0 Å². The molecule has 7 nitrogen and oxygen atoms in total. The fourth-order valence-electron chi connectivity index (χ4n) is 4.92. The van der Waals surface area contributed by atoms with E-state index in [0.717, 1.165) is 28.7 Å². The predicted molar refractivity (Wildman–Crippen MR) is 136 cm³/mol. The molecule has 0 aliphatic carbocycles. The van der Waals surface area contributed by atoms with Gasteiger partial charge in [-0.3, -0.25) is 14.6 Å². The van der Waals surface area contributed by atoms with Crippen LogP contribution in [0, 0.1) is 5.92 Å². The van der Waals surface area contributed by atoms with Gasteiger partial charge in [-0.15, -0.1) is 0 Å². The van der Waals surface area contributed by atoms with Crippen LogP contribution in [0.3, 0.4) is 0 Å². The molecule has 1 atom stereocenters. The highest BCUT2D eigenvalue weighted by Gasteiger charge is 2.49. The van der Waals surface area contributed by atoms with Crippen molar-refractivity contribution >= 4 is 22.7 Å². The average molecular weight is 470 g/mol. The summed E-state index contributed by atoms with van der Waals surface area (Å²) in [5.74, 6) is 0.154. The number of nitrogens with zero attached hydrogens (tertiary/aromatic N) is 4. The Hall–Kier alpha value is -3.87. The van der Waals surface area contributed by atoms with Crippen LogP contribution in [0.25, 0.3) is 16.6 Å². The molecule has 7 heteroatoms. The zero-order valence-electron chi connectivity index (χ0n) is 20.4. The van der Waals surface area contributed by atoms with E-state index in [1.165, 1.54) is 0 Å². The van der Waals surface area contributed by atoms with Crippen molar-refractivity contribution in [1.29, 1.82) is 0 Å². The summed E-state index contributed by atoms with van der Waals surface area (Å²) >= 11 is 0. The molecule has 4 heterocycles. The number of rotatable bonds is 7. The molecule has 180 valence electrons. The second-order valence-corrected chi connectivity index (χ2v) is 9.82. The van der Waals surface area contributed by atoms with Crippen LogP contribution in [-0.2, 0) is 17.9 Å². The molecular formula is C28H31N5O2. The first-order chi connectivity index (χ1) is 16.9. The number of hydrogen-bond acceptors (Lipinski definition) is 3. The van der Waals surface area contributed by atoms with Crippen molar-refractivity contribution in [2.24, 2.45) is 5.92 Å². The summed E-state index contributed by atoms with van der Waals surface area (Å²) in [7, 11) is 0. The lowest BCUT2D eigenvalue weighted by atomic mass is 9.94. The third-order valence-electron chi connectivity index (χ3n) is 6.86. The number of fused-ring (bicyclic) bond motifs is 3. The summed E-state index contributed by atoms with van der Waals surface area (Å²) in [5, 5.41) is 4.08. The van der Waals surface area contributed by atoms with E-state index in [-0.39, 0.29) is 18.4 Å². The van der Waals surface area contributed by atoms with Crippen LogP contribution in [0.4, 0.5) is 0 Å². The maximum atomic E-state index is 14.3. The summed E-state index contributed by atoms with van der Waals surface area (Å²) in [6.07, 6.45) is 6.49. The topological polar surface area (TPSA) is 72.2 Å². The number of carbonyl (C=O) groups excluding carboxylic acids is 2. The van der Waals surface area contributed by atoms with Crippen molar-refractivity contribution < 1.29 is 9.59 Å². The standard InChI is InChI=1S/C28H31N5O2/c1-20(2)13-15-30-27(35)28(3)19-32-23-12-5-4-11-22(23)24(31-16-8-9-17-31)25(32)26(34)33(28)18-21-10-6-7-14-29-21/h4-12,14,16-17,20H,13,15,18-19H2,1-3H3,(H,30,35)/t28-/m0/s1. The first-order valence-corrected chi connectivity index (χ1v) is 12.1. The number of aromatic nitrogens is 3. The Kier molecular flexibility index (Phi) is 5.93. The average Bonchev–Trinajstić information content (AvgIpc) is 3.48. The minimum atomic E-state index is -1.08. The van der Waals surface area contributed by atoms with Gasteiger partial charge in [-0.1, -0.05) is 38.1 Å². The monoisotopic (exact) mass is 469 g/mol. The van der Waals surface area contributed by atoms with Gasteiger partial charge in [0.1, 0.15) is 11.2 Å². The van der Waals surface area contributed by atoms with Gasteiger partial charge in [-0.05, 0) is 49.6 Å². The third-order valence-corrected chi connectivity index (χ3v) is 6.86. The maximum absolute atomic E-state index is 14.3. The second-order valence-electron chi connectivity index (χ2n) is 9.82. The molecule has 1 aliphatic heterocycles. The Morgan fingerprint density at radius 3 is 2.54 bits per heavy atom. The number of benzene rings is 1. The van der Waals surface area contributed by atoms with E-state index in [9.17, 15) is 9.59 Å². The largest absolute Gasteiger partial charge is 0.354 e. The van der Waals surface area contributed by atoms with Gasteiger partial charge in [-0.25, -0.2) is 0 Å². The van der Waals surface area contributed by atoms with Crippen molar-refractivity contribution in [3.8, 4) is 5.69 Å². The normalized spacial score (nSPS) is 17.7. The van der Waals surface area contributed by atoms with Crippen LogP contribution in [0.1, 0.15) is 43.4 Å². The molecule has 3 aromatic heterocycles. The number of amides is 2. The van der Waals surface area contributed by atoms with Crippen LogP contribution in [-0.4, -0.2) is 42.9 Å². The minimum Gasteiger partial charge on any atom is -0.354 e.